The summed E-state index contributed by atoms with van der Waals surface area (Å²) in [6, 6.07) is 8.71. The molecule has 1 aliphatic rings. The van der Waals surface area contributed by atoms with Gasteiger partial charge in [-0.2, -0.15) is 4.98 Å². The van der Waals surface area contributed by atoms with Gasteiger partial charge in [0.25, 0.3) is 0 Å². The van der Waals surface area contributed by atoms with Crippen molar-refractivity contribution in [3.8, 4) is 0 Å². The van der Waals surface area contributed by atoms with Gasteiger partial charge in [-0.1, -0.05) is 35.2 Å². The minimum absolute atomic E-state index is 0.542. The van der Waals surface area contributed by atoms with E-state index in [1.54, 1.807) is 0 Å². The normalized spacial score (nSPS) is 15.4. The topological polar surface area (TPSA) is 49.8 Å². The summed E-state index contributed by atoms with van der Waals surface area (Å²) in [5, 5.41) is 6.88. The summed E-state index contributed by atoms with van der Waals surface area (Å²) in [5.74, 6) is 1.56. The minimum Gasteiger partial charge on any atom is -0.367 e. The number of nitrogens with zero attached hydrogens (tertiary/aromatic N) is 2. The maximum Gasteiger partial charge on any atom is 0.229 e. The van der Waals surface area contributed by atoms with Crippen LogP contribution in [0.5, 0.6) is 0 Å². The second kappa shape index (κ2) is 7.30. The molecule has 0 saturated heterocycles. The maximum atomic E-state index is 4.63. The Kier molecular flexibility index (Phi) is 5.16. The SMILES string of the molecule is Cc1cc(NC2CCCCC2)nc(Nc2ccc(Br)c(C)c2)n1. The Hall–Kier alpha value is -1.62. The van der Waals surface area contributed by atoms with Crippen molar-refractivity contribution in [1.29, 1.82) is 0 Å². The molecule has 23 heavy (non-hydrogen) atoms. The van der Waals surface area contributed by atoms with E-state index >= 15 is 0 Å². The molecule has 0 spiro atoms. The van der Waals surface area contributed by atoms with Crippen molar-refractivity contribution in [3.05, 3.63) is 40.0 Å². The van der Waals surface area contributed by atoms with Crippen LogP contribution in [-0.4, -0.2) is 16.0 Å². The molecule has 0 amide bonds. The number of hydrogen-bond donors (Lipinski definition) is 2. The summed E-state index contributed by atoms with van der Waals surface area (Å²) in [4.78, 5) is 9.13. The van der Waals surface area contributed by atoms with Crippen molar-refractivity contribution >= 4 is 33.4 Å². The fraction of sp³-hybridized carbons (Fsp3) is 0.444. The molecule has 1 saturated carbocycles. The summed E-state index contributed by atoms with van der Waals surface area (Å²) in [5.41, 5.74) is 3.15. The van der Waals surface area contributed by atoms with Crippen molar-refractivity contribution in [2.75, 3.05) is 10.6 Å². The zero-order valence-electron chi connectivity index (χ0n) is 13.7. The molecule has 1 heterocycles. The molecule has 5 heteroatoms. The third-order valence-corrected chi connectivity index (χ3v) is 5.12. The van der Waals surface area contributed by atoms with Crippen molar-refractivity contribution in [1.82, 2.24) is 9.97 Å². The highest BCUT2D eigenvalue weighted by Gasteiger charge is 2.14. The fourth-order valence-corrected chi connectivity index (χ4v) is 3.25. The zero-order valence-corrected chi connectivity index (χ0v) is 15.3. The Bertz CT molecular complexity index is 681. The summed E-state index contributed by atoms with van der Waals surface area (Å²) in [7, 11) is 0. The summed E-state index contributed by atoms with van der Waals surface area (Å²) < 4.78 is 1.10. The number of hydrogen-bond acceptors (Lipinski definition) is 4. The quantitative estimate of drug-likeness (QED) is 0.757. The van der Waals surface area contributed by atoms with Gasteiger partial charge < -0.3 is 10.6 Å². The van der Waals surface area contributed by atoms with Gasteiger partial charge in [0.05, 0.1) is 0 Å². The van der Waals surface area contributed by atoms with Gasteiger partial charge in [-0.3, -0.25) is 0 Å². The molecule has 0 aliphatic heterocycles. The van der Waals surface area contributed by atoms with E-state index in [-0.39, 0.29) is 0 Å². The zero-order chi connectivity index (χ0) is 16.2. The molecule has 0 bridgehead atoms. The lowest BCUT2D eigenvalue weighted by molar-refractivity contribution is 0.462. The van der Waals surface area contributed by atoms with Crippen LogP contribution in [-0.2, 0) is 0 Å². The van der Waals surface area contributed by atoms with Crippen LogP contribution >= 0.6 is 15.9 Å². The molecule has 3 rings (SSSR count). The Morgan fingerprint density at radius 2 is 1.83 bits per heavy atom. The first-order valence-corrected chi connectivity index (χ1v) is 9.05. The highest BCUT2D eigenvalue weighted by atomic mass is 79.9. The third-order valence-electron chi connectivity index (χ3n) is 4.23. The van der Waals surface area contributed by atoms with Crippen molar-refractivity contribution in [2.24, 2.45) is 0 Å². The Labute approximate surface area is 146 Å². The van der Waals surface area contributed by atoms with E-state index in [0.29, 0.717) is 12.0 Å². The fourth-order valence-electron chi connectivity index (χ4n) is 3.01. The molecule has 4 nitrogen and oxygen atoms in total. The Balaban J connectivity index is 1.75. The molecule has 1 fully saturated rings. The first-order chi connectivity index (χ1) is 11.1. The number of rotatable bonds is 4. The molecule has 2 N–H and O–H groups in total. The second-order valence-electron chi connectivity index (χ2n) is 6.29. The first kappa shape index (κ1) is 16.2. The average molecular weight is 375 g/mol. The van der Waals surface area contributed by atoms with E-state index in [0.717, 1.165) is 21.7 Å². The van der Waals surface area contributed by atoms with Gasteiger partial charge in [0.15, 0.2) is 0 Å². The van der Waals surface area contributed by atoms with Gasteiger partial charge >= 0.3 is 0 Å². The number of nitrogens with one attached hydrogen (secondary N) is 2. The molecule has 1 aromatic heterocycles. The van der Waals surface area contributed by atoms with Crippen molar-refractivity contribution in [3.63, 3.8) is 0 Å². The second-order valence-corrected chi connectivity index (χ2v) is 7.14. The lowest BCUT2D eigenvalue weighted by Crippen LogP contribution is -2.23. The van der Waals surface area contributed by atoms with Crippen LogP contribution in [0.3, 0.4) is 0 Å². The smallest absolute Gasteiger partial charge is 0.229 e. The minimum atomic E-state index is 0.542. The molecule has 2 aromatic rings. The monoisotopic (exact) mass is 374 g/mol. The van der Waals surface area contributed by atoms with Crippen LogP contribution in [0.4, 0.5) is 17.5 Å². The van der Waals surface area contributed by atoms with Crippen LogP contribution in [0.25, 0.3) is 0 Å². The van der Waals surface area contributed by atoms with E-state index in [2.05, 4.69) is 49.5 Å². The maximum absolute atomic E-state index is 4.63. The summed E-state index contributed by atoms with van der Waals surface area (Å²) in [6.45, 7) is 4.08. The van der Waals surface area contributed by atoms with Crippen molar-refractivity contribution < 1.29 is 0 Å². The lowest BCUT2D eigenvalue weighted by Gasteiger charge is -2.23. The Morgan fingerprint density at radius 3 is 2.57 bits per heavy atom. The summed E-state index contributed by atoms with van der Waals surface area (Å²) >= 11 is 3.52. The van der Waals surface area contributed by atoms with Gasteiger partial charge in [-0.05, 0) is 50.5 Å². The Morgan fingerprint density at radius 1 is 1.04 bits per heavy atom. The van der Waals surface area contributed by atoms with Crippen LogP contribution < -0.4 is 10.6 Å². The van der Waals surface area contributed by atoms with E-state index in [4.69, 9.17) is 0 Å². The summed E-state index contributed by atoms with van der Waals surface area (Å²) in [6.07, 6.45) is 6.45. The van der Waals surface area contributed by atoms with Gasteiger partial charge in [0.2, 0.25) is 5.95 Å². The predicted molar refractivity (Wildman–Crippen MR) is 99.4 cm³/mol. The lowest BCUT2D eigenvalue weighted by atomic mass is 9.95. The standard InChI is InChI=1S/C18H23BrN4/c1-12-10-15(8-9-16(12)19)22-18-20-13(2)11-17(23-18)21-14-6-4-3-5-7-14/h8-11,14H,3-7H2,1-2H3,(H2,20,21,22,23). The molecule has 0 atom stereocenters. The van der Waals surface area contributed by atoms with Gasteiger partial charge in [0, 0.05) is 28.0 Å². The van der Waals surface area contributed by atoms with Crippen molar-refractivity contribution in [2.45, 2.75) is 52.0 Å². The molecule has 1 aliphatic carbocycles. The van der Waals surface area contributed by atoms with E-state index in [1.807, 2.05) is 25.1 Å². The molecule has 0 radical (unpaired) electrons. The largest absolute Gasteiger partial charge is 0.367 e. The number of halogens is 1. The van der Waals surface area contributed by atoms with Crippen LogP contribution in [0.1, 0.15) is 43.4 Å². The molecule has 122 valence electrons. The van der Waals surface area contributed by atoms with Crippen LogP contribution in [0.2, 0.25) is 0 Å². The molecule has 0 unspecified atom stereocenters. The van der Waals surface area contributed by atoms with E-state index in [1.165, 1.54) is 37.7 Å². The highest BCUT2D eigenvalue weighted by molar-refractivity contribution is 9.10. The average Bonchev–Trinajstić information content (AvgIpc) is 2.51. The number of aromatic nitrogens is 2. The van der Waals surface area contributed by atoms with Gasteiger partial charge in [0.1, 0.15) is 5.82 Å². The number of benzene rings is 1. The van der Waals surface area contributed by atoms with Gasteiger partial charge in [-0.25, -0.2) is 4.98 Å². The van der Waals surface area contributed by atoms with E-state index in [9.17, 15) is 0 Å². The highest BCUT2D eigenvalue weighted by Crippen LogP contribution is 2.24. The number of anilines is 3. The molecular weight excluding hydrogens is 352 g/mol. The van der Waals surface area contributed by atoms with Crippen LogP contribution in [0, 0.1) is 13.8 Å². The van der Waals surface area contributed by atoms with Gasteiger partial charge in [-0.15, -0.1) is 0 Å². The molecule has 1 aromatic carbocycles. The molecular formula is C18H23BrN4. The number of aryl methyl sites for hydroxylation is 2. The van der Waals surface area contributed by atoms with Crippen LogP contribution in [0.15, 0.2) is 28.7 Å². The predicted octanol–water partition coefficient (Wildman–Crippen LogP) is 5.34. The third kappa shape index (κ3) is 4.44. The first-order valence-electron chi connectivity index (χ1n) is 8.25. The van der Waals surface area contributed by atoms with E-state index < -0.39 is 0 Å².